The minimum Gasteiger partial charge on any atom is -0.305 e. The van der Waals surface area contributed by atoms with Crippen LogP contribution in [0.2, 0.25) is 38.3 Å². The fraction of sp³-hybridized carbons (Fsp3) is 0.571. The van der Waals surface area contributed by atoms with Crippen LogP contribution in [-0.4, -0.2) is 54.1 Å². The molecule has 0 heterocycles. The van der Waals surface area contributed by atoms with Crippen LogP contribution < -0.4 is 10.4 Å². The second-order valence-electron chi connectivity index (χ2n) is 11.6. The fourth-order valence-electron chi connectivity index (χ4n) is 4.63. The van der Waals surface area contributed by atoms with Gasteiger partial charge in [-0.25, -0.2) is 0 Å². The highest BCUT2D eigenvalue weighted by molar-refractivity contribution is 6.90. The molecule has 0 fully saturated rings. The number of hydrogen-bond acceptors (Lipinski definition) is 2. The Bertz CT molecular complexity index is 724. The third-order valence-corrected chi connectivity index (χ3v) is 13.8. The van der Waals surface area contributed by atoms with Crippen LogP contribution in [0.3, 0.4) is 0 Å². The van der Waals surface area contributed by atoms with Crippen molar-refractivity contribution in [3.8, 4) is 0 Å². The second-order valence-corrected chi connectivity index (χ2v) is 21.2. The molecule has 0 aliphatic rings. The Morgan fingerprint density at radius 1 is 0.500 bits per heavy atom. The largest absolute Gasteiger partial charge is 0.305 e. The van der Waals surface area contributed by atoms with Gasteiger partial charge in [-0.15, -0.1) is 0 Å². The predicted octanol–water partition coefficient (Wildman–Crippen LogP) is 5.90. The maximum atomic E-state index is 2.55. The number of rotatable bonds is 13. The smallest absolute Gasteiger partial charge is 0.0806 e. The third-order valence-electron chi connectivity index (χ3n) is 6.82. The molecule has 0 radical (unpaired) electrons. The topological polar surface area (TPSA) is 6.48 Å². The predicted molar refractivity (Wildman–Crippen MR) is 150 cm³/mol. The van der Waals surface area contributed by atoms with Gasteiger partial charge in [-0.3, -0.25) is 0 Å². The van der Waals surface area contributed by atoms with Gasteiger partial charge in [0.15, 0.2) is 0 Å². The van der Waals surface area contributed by atoms with Crippen molar-refractivity contribution in [2.75, 3.05) is 28.2 Å². The highest BCUT2D eigenvalue weighted by atomic mass is 28.3. The normalized spacial score (nSPS) is 12.7. The van der Waals surface area contributed by atoms with Crippen LogP contribution in [0.5, 0.6) is 0 Å². The molecule has 0 aromatic heterocycles. The molecule has 2 aromatic rings. The molecular formula is C28H48N2Si2. The summed E-state index contributed by atoms with van der Waals surface area (Å²) < 4.78 is 0. The van der Waals surface area contributed by atoms with Gasteiger partial charge in [0.2, 0.25) is 0 Å². The molecule has 0 amide bonds. The lowest BCUT2D eigenvalue weighted by Crippen LogP contribution is -2.41. The van der Waals surface area contributed by atoms with Gasteiger partial charge in [0.1, 0.15) is 0 Å². The first-order valence-corrected chi connectivity index (χ1v) is 18.9. The lowest BCUT2D eigenvalue weighted by atomic mass is 10.2. The first-order valence-electron chi connectivity index (χ1n) is 12.5. The Kier molecular flexibility index (Phi) is 10.4. The zero-order valence-electron chi connectivity index (χ0n) is 22.2. The van der Waals surface area contributed by atoms with Crippen molar-refractivity contribution in [1.82, 2.24) is 9.80 Å². The van der Waals surface area contributed by atoms with Gasteiger partial charge in [-0.05, 0) is 39.3 Å². The highest BCUT2D eigenvalue weighted by Crippen LogP contribution is 2.20. The van der Waals surface area contributed by atoms with Crippen LogP contribution in [0.1, 0.15) is 36.8 Å². The average Bonchev–Trinajstić information content (AvgIpc) is 2.70. The molecule has 2 aromatic carbocycles. The van der Waals surface area contributed by atoms with Crippen LogP contribution in [0.15, 0.2) is 48.5 Å². The summed E-state index contributed by atoms with van der Waals surface area (Å²) in [4.78, 5) is 4.48. The standard InChI is InChI=1S/C28H48N2Si2/c1-29(2)23-25-13-17-27(18-14-25)31(5,6)21-11-9-10-12-22-32(7,8)28-19-15-26(16-20-28)24-30(3)4/h13-20H,9-12,21-24H2,1-8H3. The van der Waals surface area contributed by atoms with Crippen molar-refractivity contribution in [3.63, 3.8) is 0 Å². The van der Waals surface area contributed by atoms with E-state index in [-0.39, 0.29) is 0 Å². The first kappa shape index (κ1) is 27.0. The number of unbranched alkanes of at least 4 members (excludes halogenated alkanes) is 3. The van der Waals surface area contributed by atoms with Crippen molar-refractivity contribution in [3.05, 3.63) is 59.7 Å². The molecule has 0 aliphatic carbocycles. The summed E-state index contributed by atoms with van der Waals surface area (Å²) in [6, 6.07) is 21.8. The Morgan fingerprint density at radius 3 is 1.09 bits per heavy atom. The molecule has 2 nitrogen and oxygen atoms in total. The van der Waals surface area contributed by atoms with Crippen molar-refractivity contribution >= 4 is 26.5 Å². The van der Waals surface area contributed by atoms with Crippen LogP contribution in [0, 0.1) is 0 Å². The average molecular weight is 469 g/mol. The Hall–Kier alpha value is -1.21. The molecule has 32 heavy (non-hydrogen) atoms. The molecule has 4 heteroatoms. The SMILES string of the molecule is CN(C)Cc1ccc([Si](C)(C)CCCCCC[Si](C)(C)c2ccc(CN(C)C)cc2)cc1. The van der Waals surface area contributed by atoms with E-state index in [0.717, 1.165) is 13.1 Å². The fourth-order valence-corrected chi connectivity index (χ4v) is 9.61. The van der Waals surface area contributed by atoms with Crippen LogP contribution >= 0.6 is 0 Å². The molecule has 0 N–H and O–H groups in total. The van der Waals surface area contributed by atoms with Crippen LogP contribution in [-0.2, 0) is 13.1 Å². The van der Waals surface area contributed by atoms with Gasteiger partial charge < -0.3 is 9.80 Å². The number of hydrogen-bond donors (Lipinski definition) is 0. The van der Waals surface area contributed by atoms with E-state index >= 15 is 0 Å². The molecule has 178 valence electrons. The molecular weight excluding hydrogens is 420 g/mol. The van der Waals surface area contributed by atoms with E-state index < -0.39 is 16.1 Å². The van der Waals surface area contributed by atoms with Gasteiger partial charge >= 0.3 is 0 Å². The minimum absolute atomic E-state index is 1.03. The zero-order valence-corrected chi connectivity index (χ0v) is 24.2. The Balaban J connectivity index is 1.73. The molecule has 0 bridgehead atoms. The monoisotopic (exact) mass is 468 g/mol. The van der Waals surface area contributed by atoms with E-state index in [1.807, 2.05) is 0 Å². The molecule has 0 aliphatic heterocycles. The minimum atomic E-state index is -1.32. The Morgan fingerprint density at radius 2 is 0.812 bits per heavy atom. The van der Waals surface area contributed by atoms with Gasteiger partial charge in [0.05, 0.1) is 16.1 Å². The van der Waals surface area contributed by atoms with Gasteiger partial charge in [-0.1, -0.05) is 123 Å². The lowest BCUT2D eigenvalue weighted by molar-refractivity contribution is 0.402. The van der Waals surface area contributed by atoms with E-state index in [1.165, 1.54) is 48.9 Å². The van der Waals surface area contributed by atoms with Gasteiger partial charge in [0, 0.05) is 13.1 Å². The summed E-state index contributed by atoms with van der Waals surface area (Å²) in [5.74, 6) is 0. The van der Waals surface area contributed by atoms with Crippen molar-refractivity contribution < 1.29 is 0 Å². The molecule has 2 rings (SSSR count). The summed E-state index contributed by atoms with van der Waals surface area (Å²) in [5.41, 5.74) is 2.84. The highest BCUT2D eigenvalue weighted by Gasteiger charge is 2.24. The Labute approximate surface area is 201 Å². The summed E-state index contributed by atoms with van der Waals surface area (Å²) in [7, 11) is 5.91. The van der Waals surface area contributed by atoms with Crippen molar-refractivity contribution in [1.29, 1.82) is 0 Å². The molecule has 0 spiro atoms. The summed E-state index contributed by atoms with van der Waals surface area (Å²) in [6.45, 7) is 12.2. The summed E-state index contributed by atoms with van der Waals surface area (Å²) >= 11 is 0. The molecule has 0 saturated heterocycles. The molecule has 0 unspecified atom stereocenters. The van der Waals surface area contributed by atoms with E-state index in [0.29, 0.717) is 0 Å². The van der Waals surface area contributed by atoms with E-state index in [4.69, 9.17) is 0 Å². The third kappa shape index (κ3) is 8.97. The van der Waals surface area contributed by atoms with Crippen LogP contribution in [0.4, 0.5) is 0 Å². The van der Waals surface area contributed by atoms with E-state index in [9.17, 15) is 0 Å². The number of benzene rings is 2. The van der Waals surface area contributed by atoms with Crippen LogP contribution in [0.25, 0.3) is 0 Å². The second kappa shape index (κ2) is 12.3. The van der Waals surface area contributed by atoms with E-state index in [1.54, 1.807) is 10.4 Å². The summed E-state index contributed by atoms with van der Waals surface area (Å²) in [6.07, 6.45) is 5.56. The zero-order chi connectivity index (χ0) is 23.8. The lowest BCUT2D eigenvalue weighted by Gasteiger charge is -2.25. The van der Waals surface area contributed by atoms with Crippen molar-refractivity contribution in [2.24, 2.45) is 0 Å². The number of nitrogens with zero attached hydrogens (tertiary/aromatic N) is 2. The first-order chi connectivity index (χ1) is 15.0. The van der Waals surface area contributed by atoms with E-state index in [2.05, 4.69) is 113 Å². The maximum Gasteiger partial charge on any atom is 0.0806 e. The maximum absolute atomic E-state index is 2.55. The molecule has 0 saturated carbocycles. The quantitative estimate of drug-likeness (QED) is 0.267. The van der Waals surface area contributed by atoms with Gasteiger partial charge in [0.25, 0.3) is 0 Å². The van der Waals surface area contributed by atoms with Gasteiger partial charge in [-0.2, -0.15) is 0 Å². The molecule has 0 atom stereocenters. The van der Waals surface area contributed by atoms with Crippen molar-refractivity contribution in [2.45, 2.75) is 77.0 Å². The summed E-state index contributed by atoms with van der Waals surface area (Å²) in [5, 5.41) is 3.23.